The van der Waals surface area contributed by atoms with E-state index in [1.54, 1.807) is 0 Å². The van der Waals surface area contributed by atoms with Crippen LogP contribution in [0.4, 0.5) is 0 Å². The van der Waals surface area contributed by atoms with Crippen LogP contribution in [0.5, 0.6) is 0 Å². The molecule has 0 amide bonds. The maximum absolute atomic E-state index is 10.5. The van der Waals surface area contributed by atoms with Crippen molar-refractivity contribution in [2.24, 2.45) is 0 Å². The molecule has 94 valence electrons. The molecule has 0 unspecified atom stereocenters. The Morgan fingerprint density at radius 1 is 1.41 bits per heavy atom. The van der Waals surface area contributed by atoms with Crippen molar-refractivity contribution in [2.45, 2.75) is 6.67 Å². The molecule has 3 N–H and O–H groups in total. The smallest absolute Gasteiger partial charge is 0.358 e. The van der Waals surface area contributed by atoms with E-state index in [4.69, 9.17) is 15.3 Å². The lowest BCUT2D eigenvalue weighted by Crippen LogP contribution is -2.34. The summed E-state index contributed by atoms with van der Waals surface area (Å²) >= 11 is 0. The molecular weight excluding hydrogens is 232 g/mol. The summed E-state index contributed by atoms with van der Waals surface area (Å²) in [5.41, 5.74) is -0.218. The highest BCUT2D eigenvalue weighted by molar-refractivity contribution is 5.84. The molecule has 0 bridgehead atoms. The van der Waals surface area contributed by atoms with Crippen LogP contribution in [-0.2, 0) is 11.5 Å². The van der Waals surface area contributed by atoms with Gasteiger partial charge in [0.1, 0.15) is 0 Å². The number of rotatable bonds is 7. The number of nitrogens with zero attached hydrogens (tertiary/aromatic N) is 4. The van der Waals surface area contributed by atoms with E-state index < -0.39 is 11.9 Å². The largest absolute Gasteiger partial charge is 0.480 e. The van der Waals surface area contributed by atoms with Crippen LogP contribution in [0.3, 0.4) is 0 Å². The lowest BCUT2D eigenvalue weighted by atomic mass is 10.5. The Hall–Kier alpha value is -2.00. The van der Waals surface area contributed by atoms with Crippen LogP contribution in [0.1, 0.15) is 10.5 Å². The third kappa shape index (κ3) is 4.17. The lowest BCUT2D eigenvalue weighted by molar-refractivity contribution is -0.138. The second-order valence-electron chi connectivity index (χ2n) is 3.26. The second-order valence-corrected chi connectivity index (χ2v) is 3.26. The quantitative estimate of drug-likeness (QED) is 0.518. The van der Waals surface area contributed by atoms with Crippen molar-refractivity contribution in [1.82, 2.24) is 19.9 Å². The molecule has 0 saturated heterocycles. The number of carbonyl (C=O) groups is 2. The lowest BCUT2D eigenvalue weighted by Gasteiger charge is -2.18. The topological polar surface area (TPSA) is 129 Å². The Labute approximate surface area is 95.9 Å². The monoisotopic (exact) mass is 244 g/mol. The zero-order valence-corrected chi connectivity index (χ0v) is 8.85. The number of hydrogen-bond acceptors (Lipinski definition) is 6. The molecule has 1 aromatic heterocycles. The van der Waals surface area contributed by atoms with Crippen LogP contribution in [0.25, 0.3) is 0 Å². The maximum atomic E-state index is 10.5. The molecule has 0 aliphatic rings. The van der Waals surface area contributed by atoms with Gasteiger partial charge in [0.05, 0.1) is 26.0 Å². The Morgan fingerprint density at radius 2 is 2.12 bits per heavy atom. The van der Waals surface area contributed by atoms with Gasteiger partial charge in [0.2, 0.25) is 0 Å². The molecule has 1 aromatic rings. The van der Waals surface area contributed by atoms with Gasteiger partial charge in [-0.1, -0.05) is 5.21 Å². The zero-order chi connectivity index (χ0) is 12.8. The molecule has 0 aliphatic carbocycles. The summed E-state index contributed by atoms with van der Waals surface area (Å²) in [6, 6.07) is 0. The molecule has 17 heavy (non-hydrogen) atoms. The third-order valence-corrected chi connectivity index (χ3v) is 1.88. The van der Waals surface area contributed by atoms with Gasteiger partial charge in [-0.05, 0) is 0 Å². The number of aliphatic hydroxyl groups is 1. The summed E-state index contributed by atoms with van der Waals surface area (Å²) in [6.07, 6.45) is 1.19. The predicted octanol–water partition coefficient (Wildman–Crippen LogP) is -1.69. The van der Waals surface area contributed by atoms with Crippen molar-refractivity contribution in [3.8, 4) is 0 Å². The first-order valence-electron chi connectivity index (χ1n) is 4.71. The summed E-state index contributed by atoms with van der Waals surface area (Å²) in [4.78, 5) is 22.5. The molecule has 9 heteroatoms. The third-order valence-electron chi connectivity index (χ3n) is 1.88. The molecule has 1 heterocycles. The van der Waals surface area contributed by atoms with Crippen molar-refractivity contribution >= 4 is 11.9 Å². The maximum Gasteiger partial charge on any atom is 0.358 e. The average molecular weight is 244 g/mol. The fourth-order valence-corrected chi connectivity index (χ4v) is 1.20. The summed E-state index contributed by atoms with van der Waals surface area (Å²) < 4.78 is 1.20. The van der Waals surface area contributed by atoms with Crippen molar-refractivity contribution < 1.29 is 24.9 Å². The summed E-state index contributed by atoms with van der Waals surface area (Å²) in [5, 5.41) is 32.9. The summed E-state index contributed by atoms with van der Waals surface area (Å²) in [5.74, 6) is -2.25. The van der Waals surface area contributed by atoms with Gasteiger partial charge in [-0.2, -0.15) is 0 Å². The van der Waals surface area contributed by atoms with Gasteiger partial charge in [0.15, 0.2) is 5.69 Å². The average Bonchev–Trinajstić information content (AvgIpc) is 2.65. The van der Waals surface area contributed by atoms with E-state index in [0.717, 1.165) is 0 Å². The summed E-state index contributed by atoms with van der Waals surface area (Å²) in [7, 11) is 0. The van der Waals surface area contributed by atoms with E-state index >= 15 is 0 Å². The molecule has 0 aliphatic heterocycles. The number of aromatic nitrogens is 3. The highest BCUT2D eigenvalue weighted by Crippen LogP contribution is 1.96. The highest BCUT2D eigenvalue weighted by atomic mass is 16.4. The molecule has 0 aromatic carbocycles. The SMILES string of the molecule is O=C(O)CN(CCO)Cn1cc(C(=O)O)nn1. The fourth-order valence-electron chi connectivity index (χ4n) is 1.20. The number of aliphatic hydroxyl groups excluding tert-OH is 1. The van der Waals surface area contributed by atoms with Crippen LogP contribution >= 0.6 is 0 Å². The van der Waals surface area contributed by atoms with Gasteiger partial charge in [0, 0.05) is 6.54 Å². The molecule has 1 rings (SSSR count). The Balaban J connectivity index is 2.64. The second kappa shape index (κ2) is 5.92. The minimum Gasteiger partial charge on any atom is -0.480 e. The molecular formula is C8H12N4O5. The minimum atomic E-state index is -1.21. The zero-order valence-electron chi connectivity index (χ0n) is 8.85. The number of aliphatic carboxylic acids is 1. The van der Waals surface area contributed by atoms with Gasteiger partial charge in [-0.15, -0.1) is 5.10 Å². The van der Waals surface area contributed by atoms with E-state index in [2.05, 4.69) is 10.3 Å². The Kier molecular flexibility index (Phi) is 4.55. The van der Waals surface area contributed by atoms with Gasteiger partial charge in [-0.3, -0.25) is 9.69 Å². The van der Waals surface area contributed by atoms with Gasteiger partial charge < -0.3 is 15.3 Å². The fraction of sp³-hybridized carbons (Fsp3) is 0.500. The minimum absolute atomic E-state index is 0.0487. The van der Waals surface area contributed by atoms with Crippen molar-refractivity contribution in [3.63, 3.8) is 0 Å². The van der Waals surface area contributed by atoms with Gasteiger partial charge >= 0.3 is 11.9 Å². The van der Waals surface area contributed by atoms with Crippen LogP contribution < -0.4 is 0 Å². The molecule has 0 radical (unpaired) electrons. The van der Waals surface area contributed by atoms with E-state index in [1.165, 1.54) is 15.8 Å². The van der Waals surface area contributed by atoms with Crippen LogP contribution in [0, 0.1) is 0 Å². The van der Waals surface area contributed by atoms with Crippen LogP contribution in [0.15, 0.2) is 6.20 Å². The number of hydrogen-bond donors (Lipinski definition) is 3. The number of carboxylic acid groups (broad SMARTS) is 2. The van der Waals surface area contributed by atoms with Crippen LogP contribution in [0.2, 0.25) is 0 Å². The van der Waals surface area contributed by atoms with Crippen molar-refractivity contribution in [1.29, 1.82) is 0 Å². The van der Waals surface area contributed by atoms with E-state index in [-0.39, 0.29) is 32.1 Å². The van der Waals surface area contributed by atoms with Crippen LogP contribution in [-0.4, -0.2) is 66.8 Å². The first kappa shape index (κ1) is 13.1. The van der Waals surface area contributed by atoms with Gasteiger partial charge in [-0.25, -0.2) is 9.48 Å². The molecule has 0 spiro atoms. The molecule has 0 saturated carbocycles. The van der Waals surface area contributed by atoms with Gasteiger partial charge in [0.25, 0.3) is 0 Å². The summed E-state index contributed by atoms with van der Waals surface area (Å²) in [6.45, 7) is -0.279. The molecule has 9 nitrogen and oxygen atoms in total. The standard InChI is InChI=1S/C8H12N4O5/c13-2-1-11(4-7(14)15)5-12-3-6(8(16)17)9-10-12/h3,13H,1-2,4-5H2,(H,14,15)(H,16,17). The first-order valence-corrected chi connectivity index (χ1v) is 4.71. The Morgan fingerprint density at radius 3 is 2.59 bits per heavy atom. The molecule has 0 fully saturated rings. The number of aromatic carboxylic acids is 1. The van der Waals surface area contributed by atoms with Crippen molar-refractivity contribution in [2.75, 3.05) is 19.7 Å². The Bertz CT molecular complexity index is 404. The predicted molar refractivity (Wildman–Crippen MR) is 53.3 cm³/mol. The highest BCUT2D eigenvalue weighted by Gasteiger charge is 2.13. The first-order chi connectivity index (χ1) is 8.02. The van der Waals surface area contributed by atoms with E-state index in [1.807, 2.05) is 0 Å². The van der Waals surface area contributed by atoms with E-state index in [9.17, 15) is 9.59 Å². The van der Waals surface area contributed by atoms with E-state index in [0.29, 0.717) is 0 Å². The number of carboxylic acids is 2. The normalized spacial score (nSPS) is 10.7. The molecule has 0 atom stereocenters. The van der Waals surface area contributed by atoms with Crippen molar-refractivity contribution in [3.05, 3.63) is 11.9 Å².